The van der Waals surface area contributed by atoms with Crippen molar-refractivity contribution in [1.82, 2.24) is 0 Å². The number of ketones is 3. The van der Waals surface area contributed by atoms with E-state index in [9.17, 15) is 34.5 Å². The van der Waals surface area contributed by atoms with E-state index in [0.29, 0.717) is 42.4 Å². The lowest BCUT2D eigenvalue weighted by molar-refractivity contribution is -0.154. The van der Waals surface area contributed by atoms with Gasteiger partial charge in [0, 0.05) is 41.1 Å². The number of aliphatic hydroxyl groups is 2. The predicted molar refractivity (Wildman–Crippen MR) is 147 cm³/mol. The first-order valence-electron chi connectivity index (χ1n) is 14.3. The quantitative estimate of drug-likeness (QED) is 0.424. The normalized spacial score (nSPS) is 44.4. The Hall–Kier alpha value is -2.12. The van der Waals surface area contributed by atoms with Crippen molar-refractivity contribution in [2.75, 3.05) is 0 Å². The van der Waals surface area contributed by atoms with E-state index in [1.807, 2.05) is 34.6 Å². The highest BCUT2D eigenvalue weighted by atomic mass is 16.4. The Morgan fingerprint density at radius 2 is 1.62 bits per heavy atom. The smallest absolute Gasteiger partial charge is 0.306 e. The molecule has 2 saturated carbocycles. The highest BCUT2D eigenvalue weighted by Crippen LogP contribution is 2.75. The van der Waals surface area contributed by atoms with Crippen molar-refractivity contribution in [3.05, 3.63) is 22.8 Å². The molecule has 0 amide bonds. The summed E-state index contributed by atoms with van der Waals surface area (Å²) in [5.41, 5.74) is -3.87. The molecule has 0 aromatic carbocycles. The average molecular weight is 543 g/mol. The lowest BCUT2D eigenvalue weighted by Crippen LogP contribution is -2.64. The number of aliphatic carboxylic acids is 1. The third-order valence-corrected chi connectivity index (χ3v) is 12.0. The number of hydrogen-bond donors (Lipinski definition) is 3. The second-order valence-corrected chi connectivity index (χ2v) is 14.8. The number of carbonyl (C=O) groups excluding carboxylic acids is 3. The number of rotatable bonds is 5. The van der Waals surface area contributed by atoms with E-state index < -0.39 is 44.7 Å². The number of hydrogen-bond acceptors (Lipinski definition) is 6. The summed E-state index contributed by atoms with van der Waals surface area (Å²) in [7, 11) is 0. The average Bonchev–Trinajstić information content (AvgIpc) is 2.95. The van der Waals surface area contributed by atoms with Gasteiger partial charge in [0.25, 0.3) is 0 Å². The van der Waals surface area contributed by atoms with Crippen molar-refractivity contribution in [1.29, 1.82) is 0 Å². The van der Waals surface area contributed by atoms with Crippen LogP contribution in [0.2, 0.25) is 0 Å². The number of carboxylic acids is 1. The fraction of sp³-hybridized carbons (Fsp3) is 0.750. The molecule has 0 aromatic heterocycles. The Bertz CT molecular complexity index is 1220. The van der Waals surface area contributed by atoms with Gasteiger partial charge in [-0.2, -0.15) is 0 Å². The summed E-state index contributed by atoms with van der Waals surface area (Å²) in [6.45, 7) is 16.7. The summed E-state index contributed by atoms with van der Waals surface area (Å²) in [6, 6.07) is 0. The molecule has 4 aliphatic rings. The molecule has 7 nitrogen and oxygen atoms in total. The van der Waals surface area contributed by atoms with Crippen LogP contribution >= 0.6 is 0 Å². The maximum Gasteiger partial charge on any atom is 0.306 e. The number of carboxylic acid groups (broad SMARTS) is 1. The minimum atomic E-state index is -1.41. The van der Waals surface area contributed by atoms with Gasteiger partial charge in [0.15, 0.2) is 11.6 Å². The zero-order valence-electron chi connectivity index (χ0n) is 25.0. The maximum absolute atomic E-state index is 14.3. The van der Waals surface area contributed by atoms with E-state index in [-0.39, 0.29) is 42.0 Å². The third kappa shape index (κ3) is 3.89. The molecule has 4 rings (SSSR count). The van der Waals surface area contributed by atoms with Crippen LogP contribution in [0.15, 0.2) is 22.8 Å². The maximum atomic E-state index is 14.3. The van der Waals surface area contributed by atoms with Crippen LogP contribution in [0.1, 0.15) is 101 Å². The van der Waals surface area contributed by atoms with Crippen LogP contribution in [-0.4, -0.2) is 49.8 Å². The lowest BCUT2D eigenvalue weighted by atomic mass is 9.40. The van der Waals surface area contributed by atoms with E-state index in [0.717, 1.165) is 0 Å². The molecule has 1 unspecified atom stereocenters. The fourth-order valence-corrected chi connectivity index (χ4v) is 9.47. The SMILES string of the molecule is C/C(=C/C(=O)CC(C)C(=O)O)[C@H]1C[C@](C)(O)[C@@]2(C)C3=C(C(=O)C[C@]12C)[C@@]1(C)CCC(=O)C(C)(C)[C@@H]1C[C@@]3(C)O. The van der Waals surface area contributed by atoms with E-state index in [1.54, 1.807) is 13.8 Å². The van der Waals surface area contributed by atoms with Gasteiger partial charge in [-0.3, -0.25) is 19.2 Å². The minimum Gasteiger partial charge on any atom is -0.481 e. The molecule has 0 aromatic rings. The molecule has 0 aliphatic heterocycles. The van der Waals surface area contributed by atoms with E-state index in [4.69, 9.17) is 0 Å². The van der Waals surface area contributed by atoms with Gasteiger partial charge in [0.05, 0.1) is 17.1 Å². The van der Waals surface area contributed by atoms with Crippen LogP contribution in [-0.2, 0) is 19.2 Å². The van der Waals surface area contributed by atoms with Crippen molar-refractivity contribution < 1.29 is 34.5 Å². The van der Waals surface area contributed by atoms with Crippen LogP contribution in [0, 0.1) is 39.4 Å². The van der Waals surface area contributed by atoms with Crippen molar-refractivity contribution in [2.45, 2.75) is 112 Å². The molecule has 0 spiro atoms. The van der Waals surface area contributed by atoms with E-state index >= 15 is 0 Å². The molecule has 0 radical (unpaired) electrons. The Morgan fingerprint density at radius 3 is 2.18 bits per heavy atom. The molecule has 216 valence electrons. The highest BCUT2D eigenvalue weighted by Gasteiger charge is 2.74. The molecule has 0 bridgehead atoms. The number of fused-ring (bicyclic) bond motifs is 4. The molecule has 39 heavy (non-hydrogen) atoms. The van der Waals surface area contributed by atoms with Crippen LogP contribution in [0.25, 0.3) is 0 Å². The van der Waals surface area contributed by atoms with Crippen LogP contribution in [0.4, 0.5) is 0 Å². The topological polar surface area (TPSA) is 129 Å². The summed E-state index contributed by atoms with van der Waals surface area (Å²) in [4.78, 5) is 51.3. The van der Waals surface area contributed by atoms with Gasteiger partial charge in [-0.25, -0.2) is 0 Å². The molecular weight excluding hydrogens is 496 g/mol. The summed E-state index contributed by atoms with van der Waals surface area (Å²) >= 11 is 0. The Labute approximate surface area is 232 Å². The fourth-order valence-electron chi connectivity index (χ4n) is 9.47. The van der Waals surface area contributed by atoms with Gasteiger partial charge >= 0.3 is 5.97 Å². The third-order valence-electron chi connectivity index (χ3n) is 12.0. The minimum absolute atomic E-state index is 0.0519. The van der Waals surface area contributed by atoms with Gasteiger partial charge < -0.3 is 15.3 Å². The van der Waals surface area contributed by atoms with Crippen molar-refractivity contribution in [3.8, 4) is 0 Å². The largest absolute Gasteiger partial charge is 0.481 e. The Kier molecular flexibility index (Phi) is 6.65. The highest BCUT2D eigenvalue weighted by molar-refractivity contribution is 6.01. The van der Waals surface area contributed by atoms with E-state index in [2.05, 4.69) is 6.92 Å². The number of Topliss-reactive ketones (excluding diaryl/α,β-unsaturated/α-hetero) is 2. The van der Waals surface area contributed by atoms with Gasteiger partial charge in [0.1, 0.15) is 5.78 Å². The van der Waals surface area contributed by atoms with Crippen molar-refractivity contribution >= 4 is 23.3 Å². The molecule has 7 heteroatoms. The van der Waals surface area contributed by atoms with Gasteiger partial charge in [-0.1, -0.05) is 47.1 Å². The molecule has 4 aliphatic carbocycles. The van der Waals surface area contributed by atoms with Gasteiger partial charge in [-0.15, -0.1) is 0 Å². The Morgan fingerprint density at radius 1 is 1.03 bits per heavy atom. The van der Waals surface area contributed by atoms with Crippen LogP contribution in [0.5, 0.6) is 0 Å². The van der Waals surface area contributed by atoms with Gasteiger partial charge in [-0.05, 0) is 68.9 Å². The first kappa shape index (κ1) is 29.9. The molecule has 0 heterocycles. The molecule has 8 atom stereocenters. The molecule has 2 fully saturated rings. The predicted octanol–water partition coefficient (Wildman–Crippen LogP) is 4.83. The second kappa shape index (κ2) is 8.69. The van der Waals surface area contributed by atoms with Crippen molar-refractivity contribution in [3.63, 3.8) is 0 Å². The summed E-state index contributed by atoms with van der Waals surface area (Å²) in [6.07, 6.45) is 3.04. The Balaban J connectivity index is 1.89. The standard InChI is InChI=1S/C32H46O7/c1-17(12-19(33)13-18(2)26(36)37)20-14-31(8,39)32(9)25-24(21(34)15-29(20,32)6)28(5)11-10-23(35)27(3,4)22(28)16-30(25,7)38/h12,18,20,22,38-39H,10-11,13-16H2,1-9H3,(H,36,37)/b17-12-/t18?,20-,22+,28+,29-,30-,31+,32+/m1/s1. The zero-order chi connectivity index (χ0) is 29.7. The van der Waals surface area contributed by atoms with Crippen LogP contribution in [0.3, 0.4) is 0 Å². The van der Waals surface area contributed by atoms with Crippen molar-refractivity contribution in [2.24, 2.45) is 39.4 Å². The first-order valence-corrected chi connectivity index (χ1v) is 14.3. The lowest BCUT2D eigenvalue weighted by Gasteiger charge is -2.64. The molecular formula is C32H46O7. The van der Waals surface area contributed by atoms with Crippen LogP contribution < -0.4 is 0 Å². The van der Waals surface area contributed by atoms with Gasteiger partial charge in [0.2, 0.25) is 0 Å². The second-order valence-electron chi connectivity index (χ2n) is 14.8. The molecule has 0 saturated heterocycles. The monoisotopic (exact) mass is 542 g/mol. The zero-order valence-corrected chi connectivity index (χ0v) is 25.0. The summed E-state index contributed by atoms with van der Waals surface area (Å²) in [5, 5.41) is 33.6. The number of allylic oxidation sites excluding steroid dienone is 3. The van der Waals surface area contributed by atoms with E-state index in [1.165, 1.54) is 13.0 Å². The first-order chi connectivity index (χ1) is 17.6. The number of carbonyl (C=O) groups is 4. The summed E-state index contributed by atoms with van der Waals surface area (Å²) < 4.78 is 0. The summed E-state index contributed by atoms with van der Waals surface area (Å²) in [5.74, 6) is -2.58. The molecule has 3 N–H and O–H groups in total.